The van der Waals surface area contributed by atoms with Gasteiger partial charge in [-0.05, 0) is 24.7 Å². The highest BCUT2D eigenvalue weighted by Gasteiger charge is 2.23. The van der Waals surface area contributed by atoms with E-state index in [1.54, 1.807) is 0 Å². The van der Waals surface area contributed by atoms with Crippen molar-refractivity contribution in [3.8, 4) is 0 Å². The van der Waals surface area contributed by atoms with Crippen molar-refractivity contribution in [2.75, 3.05) is 26.3 Å². The third kappa shape index (κ3) is 5.36. The highest BCUT2D eigenvalue weighted by Crippen LogP contribution is 2.24. The third-order valence-corrected chi connectivity index (χ3v) is 4.11. The molecule has 0 amide bonds. The van der Waals surface area contributed by atoms with Crippen molar-refractivity contribution in [1.29, 1.82) is 0 Å². The van der Waals surface area contributed by atoms with Gasteiger partial charge in [0.05, 0.1) is 13.2 Å². The SMILES string of the molecule is CC(CC1COCCN1)NCC(C)(C)C(C)C. The van der Waals surface area contributed by atoms with Crippen molar-refractivity contribution in [1.82, 2.24) is 10.6 Å². The van der Waals surface area contributed by atoms with E-state index in [1.165, 1.54) is 0 Å². The topological polar surface area (TPSA) is 33.3 Å². The van der Waals surface area contributed by atoms with Gasteiger partial charge in [0.25, 0.3) is 0 Å². The van der Waals surface area contributed by atoms with E-state index in [9.17, 15) is 0 Å². The average Bonchev–Trinajstić information content (AvgIpc) is 2.28. The Hall–Kier alpha value is -0.120. The van der Waals surface area contributed by atoms with E-state index in [2.05, 4.69) is 45.3 Å². The van der Waals surface area contributed by atoms with Crippen LogP contribution in [0.15, 0.2) is 0 Å². The zero-order valence-corrected chi connectivity index (χ0v) is 12.2. The molecule has 1 rings (SSSR count). The Labute approximate surface area is 107 Å². The first kappa shape index (κ1) is 14.9. The van der Waals surface area contributed by atoms with E-state index in [0.29, 0.717) is 23.4 Å². The molecule has 0 bridgehead atoms. The van der Waals surface area contributed by atoms with Gasteiger partial charge in [-0.3, -0.25) is 0 Å². The van der Waals surface area contributed by atoms with Crippen LogP contribution < -0.4 is 10.6 Å². The standard InChI is InChI=1S/C14H30N2O/c1-11(2)14(4,5)10-16-12(3)8-13-9-17-7-6-15-13/h11-13,15-16H,6-10H2,1-5H3. The largest absolute Gasteiger partial charge is 0.379 e. The smallest absolute Gasteiger partial charge is 0.0620 e. The van der Waals surface area contributed by atoms with E-state index >= 15 is 0 Å². The number of morpholine rings is 1. The van der Waals surface area contributed by atoms with Gasteiger partial charge in [0, 0.05) is 25.2 Å². The summed E-state index contributed by atoms with van der Waals surface area (Å²) in [6, 6.07) is 1.07. The minimum atomic E-state index is 0.366. The third-order valence-electron chi connectivity index (χ3n) is 4.11. The summed E-state index contributed by atoms with van der Waals surface area (Å²) < 4.78 is 5.48. The maximum atomic E-state index is 5.48. The quantitative estimate of drug-likeness (QED) is 0.748. The molecule has 1 fully saturated rings. The van der Waals surface area contributed by atoms with Crippen LogP contribution in [-0.2, 0) is 4.74 Å². The van der Waals surface area contributed by atoms with Crippen LogP contribution in [-0.4, -0.2) is 38.4 Å². The molecule has 0 aromatic heterocycles. The summed E-state index contributed by atoms with van der Waals surface area (Å²) >= 11 is 0. The normalized spacial score (nSPS) is 24.0. The molecule has 3 heteroatoms. The van der Waals surface area contributed by atoms with Gasteiger partial charge in [-0.1, -0.05) is 27.7 Å². The van der Waals surface area contributed by atoms with E-state index in [-0.39, 0.29) is 0 Å². The van der Waals surface area contributed by atoms with Crippen LogP contribution in [0.3, 0.4) is 0 Å². The second kappa shape index (κ2) is 6.72. The lowest BCUT2D eigenvalue weighted by atomic mass is 9.81. The highest BCUT2D eigenvalue weighted by molar-refractivity contribution is 4.80. The minimum absolute atomic E-state index is 0.366. The minimum Gasteiger partial charge on any atom is -0.379 e. The maximum absolute atomic E-state index is 5.48. The molecule has 17 heavy (non-hydrogen) atoms. The number of hydrogen-bond acceptors (Lipinski definition) is 3. The van der Waals surface area contributed by atoms with Gasteiger partial charge in [0.1, 0.15) is 0 Å². The summed E-state index contributed by atoms with van der Waals surface area (Å²) in [6.07, 6.45) is 1.15. The molecule has 102 valence electrons. The Morgan fingerprint density at radius 1 is 1.35 bits per heavy atom. The van der Waals surface area contributed by atoms with Crippen LogP contribution >= 0.6 is 0 Å². The monoisotopic (exact) mass is 242 g/mol. The lowest BCUT2D eigenvalue weighted by Gasteiger charge is -2.32. The van der Waals surface area contributed by atoms with Crippen molar-refractivity contribution < 1.29 is 4.74 Å². The summed E-state index contributed by atoms with van der Waals surface area (Å²) in [6.45, 7) is 15.3. The Bertz CT molecular complexity index is 210. The number of nitrogens with one attached hydrogen (secondary N) is 2. The van der Waals surface area contributed by atoms with E-state index in [0.717, 1.165) is 32.7 Å². The molecule has 0 radical (unpaired) electrons. The van der Waals surface area contributed by atoms with Crippen LogP contribution in [0.1, 0.15) is 41.0 Å². The molecule has 1 aliphatic heterocycles. The van der Waals surface area contributed by atoms with Gasteiger partial charge in [-0.25, -0.2) is 0 Å². The molecule has 1 heterocycles. The number of hydrogen-bond donors (Lipinski definition) is 2. The molecular formula is C14H30N2O. The molecule has 0 aliphatic carbocycles. The van der Waals surface area contributed by atoms with Crippen LogP contribution in [0.4, 0.5) is 0 Å². The fourth-order valence-electron chi connectivity index (χ4n) is 1.92. The maximum Gasteiger partial charge on any atom is 0.0620 e. The fourth-order valence-corrected chi connectivity index (χ4v) is 1.92. The Morgan fingerprint density at radius 3 is 2.59 bits per heavy atom. The van der Waals surface area contributed by atoms with E-state index in [4.69, 9.17) is 4.74 Å². The molecule has 0 spiro atoms. The van der Waals surface area contributed by atoms with Crippen molar-refractivity contribution in [2.24, 2.45) is 11.3 Å². The molecule has 0 aromatic rings. The van der Waals surface area contributed by atoms with Crippen molar-refractivity contribution in [2.45, 2.75) is 53.1 Å². The molecule has 3 nitrogen and oxygen atoms in total. The molecule has 2 atom stereocenters. The van der Waals surface area contributed by atoms with Crippen LogP contribution in [0.2, 0.25) is 0 Å². The van der Waals surface area contributed by atoms with Gasteiger partial charge in [-0.15, -0.1) is 0 Å². The van der Waals surface area contributed by atoms with E-state index < -0.39 is 0 Å². The lowest BCUT2D eigenvalue weighted by molar-refractivity contribution is 0.0705. The van der Waals surface area contributed by atoms with Gasteiger partial charge in [-0.2, -0.15) is 0 Å². The van der Waals surface area contributed by atoms with Gasteiger partial charge in [0.2, 0.25) is 0 Å². The average molecular weight is 242 g/mol. The van der Waals surface area contributed by atoms with Gasteiger partial charge >= 0.3 is 0 Å². The summed E-state index contributed by atoms with van der Waals surface area (Å²) in [7, 11) is 0. The molecular weight excluding hydrogens is 212 g/mol. The summed E-state index contributed by atoms with van der Waals surface area (Å²) in [5.74, 6) is 0.707. The summed E-state index contributed by atoms with van der Waals surface area (Å²) in [5.41, 5.74) is 0.366. The second-order valence-corrected chi connectivity index (χ2v) is 6.39. The fraction of sp³-hybridized carbons (Fsp3) is 1.00. The molecule has 1 aliphatic rings. The first-order valence-corrected chi connectivity index (χ1v) is 6.96. The van der Waals surface area contributed by atoms with Crippen molar-refractivity contribution in [3.05, 3.63) is 0 Å². The van der Waals surface area contributed by atoms with Crippen molar-refractivity contribution in [3.63, 3.8) is 0 Å². The first-order chi connectivity index (χ1) is 7.92. The number of rotatable bonds is 6. The molecule has 0 saturated carbocycles. The molecule has 1 saturated heterocycles. The summed E-state index contributed by atoms with van der Waals surface area (Å²) in [4.78, 5) is 0. The predicted octanol–water partition coefficient (Wildman–Crippen LogP) is 2.03. The lowest BCUT2D eigenvalue weighted by Crippen LogP contribution is -2.46. The Kier molecular flexibility index (Phi) is 5.90. The van der Waals surface area contributed by atoms with Crippen molar-refractivity contribution >= 4 is 0 Å². The first-order valence-electron chi connectivity index (χ1n) is 6.96. The van der Waals surface area contributed by atoms with Gasteiger partial charge in [0.15, 0.2) is 0 Å². The second-order valence-electron chi connectivity index (χ2n) is 6.39. The Morgan fingerprint density at radius 2 is 2.06 bits per heavy atom. The summed E-state index contributed by atoms with van der Waals surface area (Å²) in [5, 5.41) is 7.16. The highest BCUT2D eigenvalue weighted by atomic mass is 16.5. The van der Waals surface area contributed by atoms with Crippen LogP contribution in [0.25, 0.3) is 0 Å². The Balaban J connectivity index is 2.22. The predicted molar refractivity (Wildman–Crippen MR) is 73.3 cm³/mol. The zero-order valence-electron chi connectivity index (χ0n) is 12.2. The molecule has 2 unspecified atom stereocenters. The van der Waals surface area contributed by atoms with Gasteiger partial charge < -0.3 is 15.4 Å². The van der Waals surface area contributed by atoms with Crippen LogP contribution in [0, 0.1) is 11.3 Å². The zero-order chi connectivity index (χ0) is 12.9. The molecule has 0 aromatic carbocycles. The molecule has 2 N–H and O–H groups in total. The van der Waals surface area contributed by atoms with Crippen LogP contribution in [0.5, 0.6) is 0 Å². The van der Waals surface area contributed by atoms with E-state index in [1.807, 2.05) is 0 Å². The number of ether oxygens (including phenoxy) is 1.